The maximum Gasteiger partial charge on any atom is 0.377 e. The van der Waals surface area contributed by atoms with Gasteiger partial charge in [0.25, 0.3) is 5.82 Å². The predicted molar refractivity (Wildman–Crippen MR) is 69.7 cm³/mol. The quantitative estimate of drug-likeness (QED) is 0.826. The van der Waals surface area contributed by atoms with Gasteiger partial charge in [0.15, 0.2) is 0 Å². The van der Waals surface area contributed by atoms with E-state index in [0.29, 0.717) is 6.54 Å². The van der Waals surface area contributed by atoms with Crippen molar-refractivity contribution in [2.24, 2.45) is 5.73 Å². The number of benzene rings is 1. The van der Waals surface area contributed by atoms with E-state index in [0.717, 1.165) is 11.1 Å². The van der Waals surface area contributed by atoms with E-state index >= 15 is 0 Å². The van der Waals surface area contributed by atoms with Gasteiger partial charge < -0.3 is 10.5 Å². The maximum atomic E-state index is 11.3. The number of hydrogen-bond acceptors (Lipinski definition) is 5. The molecule has 0 saturated carbocycles. The zero-order chi connectivity index (χ0) is 13.8. The van der Waals surface area contributed by atoms with Gasteiger partial charge in [0, 0.05) is 6.54 Å². The lowest BCUT2D eigenvalue weighted by molar-refractivity contribution is 0.0586. The molecule has 1 unspecified atom stereocenters. The molecule has 2 aromatic rings. The predicted octanol–water partition coefficient (Wildman–Crippen LogP) is 0.921. The van der Waals surface area contributed by atoms with Gasteiger partial charge in [0.2, 0.25) is 0 Å². The second-order valence-corrected chi connectivity index (χ2v) is 4.15. The van der Waals surface area contributed by atoms with Crippen molar-refractivity contribution in [1.82, 2.24) is 14.8 Å². The number of esters is 1. The summed E-state index contributed by atoms with van der Waals surface area (Å²) < 4.78 is 6.18. The summed E-state index contributed by atoms with van der Waals surface area (Å²) in [6.45, 7) is 2.38. The Hall–Kier alpha value is -2.21. The molecule has 19 heavy (non-hydrogen) atoms. The fourth-order valence-corrected chi connectivity index (χ4v) is 1.95. The minimum absolute atomic E-state index is 0.0366. The molecule has 6 nitrogen and oxygen atoms in total. The number of carbonyl (C=O) groups excluding carboxylic acids is 1. The molecule has 100 valence electrons. The lowest BCUT2D eigenvalue weighted by Crippen LogP contribution is -2.22. The van der Waals surface area contributed by atoms with Gasteiger partial charge >= 0.3 is 5.97 Å². The fraction of sp³-hybridized carbons (Fsp3) is 0.308. The highest BCUT2D eigenvalue weighted by molar-refractivity contribution is 5.84. The van der Waals surface area contributed by atoms with Gasteiger partial charge in [-0.1, -0.05) is 24.3 Å². The summed E-state index contributed by atoms with van der Waals surface area (Å²) in [4.78, 5) is 15.3. The number of rotatable bonds is 4. The molecule has 1 aromatic heterocycles. The standard InChI is InChI=1S/C13H16N4O2/c1-9-5-3-4-6-10(9)11(7-14)17-8-15-12(16-17)13(18)19-2/h3-6,8,11H,7,14H2,1-2H3. The van der Waals surface area contributed by atoms with Gasteiger partial charge in [-0.25, -0.2) is 14.5 Å². The SMILES string of the molecule is COC(=O)c1ncn(C(CN)c2ccccc2C)n1. The smallest absolute Gasteiger partial charge is 0.377 e. The maximum absolute atomic E-state index is 11.3. The van der Waals surface area contributed by atoms with Crippen molar-refractivity contribution in [1.29, 1.82) is 0 Å². The van der Waals surface area contributed by atoms with Gasteiger partial charge in [0.05, 0.1) is 13.2 Å². The Kier molecular flexibility index (Phi) is 3.91. The number of aryl methyl sites for hydroxylation is 1. The first-order valence-corrected chi connectivity index (χ1v) is 5.92. The average Bonchev–Trinajstić information content (AvgIpc) is 2.90. The van der Waals surface area contributed by atoms with Crippen molar-refractivity contribution >= 4 is 5.97 Å². The molecule has 0 fully saturated rings. The van der Waals surface area contributed by atoms with Crippen LogP contribution in [0.25, 0.3) is 0 Å². The van der Waals surface area contributed by atoms with Crippen LogP contribution in [0.1, 0.15) is 27.8 Å². The van der Waals surface area contributed by atoms with Crippen LogP contribution in [0, 0.1) is 6.92 Å². The van der Waals surface area contributed by atoms with Gasteiger partial charge in [-0.15, -0.1) is 5.10 Å². The first-order valence-electron chi connectivity index (χ1n) is 5.92. The van der Waals surface area contributed by atoms with E-state index < -0.39 is 5.97 Å². The molecule has 0 saturated heterocycles. The van der Waals surface area contributed by atoms with Gasteiger partial charge in [-0.05, 0) is 18.1 Å². The summed E-state index contributed by atoms with van der Waals surface area (Å²) in [6, 6.07) is 7.77. The minimum atomic E-state index is -0.556. The van der Waals surface area contributed by atoms with E-state index in [1.165, 1.54) is 13.4 Å². The number of nitrogens with two attached hydrogens (primary N) is 1. The van der Waals surface area contributed by atoms with E-state index in [2.05, 4.69) is 14.8 Å². The van der Waals surface area contributed by atoms with Crippen molar-refractivity contribution < 1.29 is 9.53 Å². The highest BCUT2D eigenvalue weighted by Gasteiger charge is 2.18. The molecular weight excluding hydrogens is 244 g/mol. The van der Waals surface area contributed by atoms with Crippen LogP contribution < -0.4 is 5.73 Å². The van der Waals surface area contributed by atoms with E-state index in [4.69, 9.17) is 5.73 Å². The van der Waals surface area contributed by atoms with Crippen LogP contribution in [-0.4, -0.2) is 34.4 Å². The second-order valence-electron chi connectivity index (χ2n) is 4.15. The van der Waals surface area contributed by atoms with Crippen LogP contribution in [0.4, 0.5) is 0 Å². The Morgan fingerprint density at radius 2 is 2.21 bits per heavy atom. The normalized spacial score (nSPS) is 12.2. The first-order chi connectivity index (χ1) is 9.17. The molecule has 2 rings (SSSR count). The zero-order valence-corrected chi connectivity index (χ0v) is 10.9. The van der Waals surface area contributed by atoms with Gasteiger partial charge in [-0.3, -0.25) is 0 Å². The molecule has 2 N–H and O–H groups in total. The summed E-state index contributed by atoms with van der Waals surface area (Å²) in [5.41, 5.74) is 8.00. The Morgan fingerprint density at radius 3 is 2.84 bits per heavy atom. The summed E-state index contributed by atoms with van der Waals surface area (Å²) in [5, 5.41) is 4.12. The topological polar surface area (TPSA) is 83.0 Å². The van der Waals surface area contributed by atoms with Crippen molar-refractivity contribution in [2.75, 3.05) is 13.7 Å². The van der Waals surface area contributed by atoms with Crippen LogP contribution in [0.3, 0.4) is 0 Å². The molecule has 1 heterocycles. The molecule has 0 aliphatic rings. The summed E-state index contributed by atoms with van der Waals surface area (Å²) in [5.74, 6) is -0.520. The molecule has 1 aromatic carbocycles. The molecule has 0 aliphatic heterocycles. The second kappa shape index (κ2) is 5.62. The lowest BCUT2D eigenvalue weighted by atomic mass is 10.0. The van der Waals surface area contributed by atoms with Crippen molar-refractivity contribution in [3.8, 4) is 0 Å². The minimum Gasteiger partial charge on any atom is -0.463 e. The van der Waals surface area contributed by atoms with Crippen molar-refractivity contribution in [2.45, 2.75) is 13.0 Å². The number of aromatic nitrogens is 3. The summed E-state index contributed by atoms with van der Waals surface area (Å²) in [7, 11) is 1.30. The molecular formula is C13H16N4O2. The Morgan fingerprint density at radius 1 is 1.47 bits per heavy atom. The third-order valence-corrected chi connectivity index (χ3v) is 2.97. The van der Waals surface area contributed by atoms with Crippen LogP contribution in [0.2, 0.25) is 0 Å². The number of nitrogens with zero attached hydrogens (tertiary/aromatic N) is 3. The van der Waals surface area contributed by atoms with E-state index in [9.17, 15) is 4.79 Å². The van der Waals surface area contributed by atoms with Crippen LogP contribution in [-0.2, 0) is 4.74 Å². The lowest BCUT2D eigenvalue weighted by Gasteiger charge is -2.17. The van der Waals surface area contributed by atoms with Gasteiger partial charge in [-0.2, -0.15) is 0 Å². The summed E-state index contributed by atoms with van der Waals surface area (Å²) in [6.07, 6.45) is 1.50. The molecule has 6 heteroatoms. The first kappa shape index (κ1) is 13.2. The number of methoxy groups -OCH3 is 1. The fourth-order valence-electron chi connectivity index (χ4n) is 1.95. The van der Waals surface area contributed by atoms with Crippen molar-refractivity contribution in [3.05, 3.63) is 47.5 Å². The van der Waals surface area contributed by atoms with E-state index in [-0.39, 0.29) is 11.9 Å². The zero-order valence-electron chi connectivity index (χ0n) is 10.9. The molecule has 0 aliphatic carbocycles. The number of carbonyl (C=O) groups is 1. The molecule has 0 radical (unpaired) electrons. The third kappa shape index (κ3) is 2.63. The average molecular weight is 260 g/mol. The molecule has 1 atom stereocenters. The molecule has 0 bridgehead atoms. The monoisotopic (exact) mass is 260 g/mol. The van der Waals surface area contributed by atoms with E-state index in [1.807, 2.05) is 31.2 Å². The highest BCUT2D eigenvalue weighted by Crippen LogP contribution is 2.19. The molecule has 0 spiro atoms. The Bertz CT molecular complexity index is 580. The number of ether oxygens (including phenoxy) is 1. The largest absolute Gasteiger partial charge is 0.463 e. The molecule has 0 amide bonds. The summed E-state index contributed by atoms with van der Waals surface area (Å²) >= 11 is 0. The van der Waals surface area contributed by atoms with E-state index in [1.54, 1.807) is 4.68 Å². The number of hydrogen-bond donors (Lipinski definition) is 1. The van der Waals surface area contributed by atoms with Crippen LogP contribution in [0.5, 0.6) is 0 Å². The highest BCUT2D eigenvalue weighted by atomic mass is 16.5. The van der Waals surface area contributed by atoms with Crippen molar-refractivity contribution in [3.63, 3.8) is 0 Å². The van der Waals surface area contributed by atoms with Crippen LogP contribution >= 0.6 is 0 Å². The Labute approximate surface area is 111 Å². The third-order valence-electron chi connectivity index (χ3n) is 2.97. The Balaban J connectivity index is 2.35. The van der Waals surface area contributed by atoms with Gasteiger partial charge in [0.1, 0.15) is 6.33 Å². The van der Waals surface area contributed by atoms with Crippen LogP contribution in [0.15, 0.2) is 30.6 Å².